The SMILES string of the molecule is O=c1oc(-c2c[nH]c3ccc(Cl)cc23)nc2ccc(Cl)cc12. The molecule has 0 aliphatic carbocycles. The van der Waals surface area contributed by atoms with Crippen molar-refractivity contribution in [2.45, 2.75) is 0 Å². The van der Waals surface area contributed by atoms with Crippen molar-refractivity contribution in [3.63, 3.8) is 0 Å². The Bertz CT molecular complexity index is 1080. The van der Waals surface area contributed by atoms with Gasteiger partial charge in [-0.25, -0.2) is 9.78 Å². The van der Waals surface area contributed by atoms with Gasteiger partial charge >= 0.3 is 5.63 Å². The van der Waals surface area contributed by atoms with E-state index in [1.807, 2.05) is 6.07 Å². The highest BCUT2D eigenvalue weighted by atomic mass is 35.5. The van der Waals surface area contributed by atoms with Crippen LogP contribution in [0, 0.1) is 0 Å². The summed E-state index contributed by atoms with van der Waals surface area (Å²) in [6.45, 7) is 0. The normalized spacial score (nSPS) is 11.4. The molecule has 2 heterocycles. The van der Waals surface area contributed by atoms with Crippen LogP contribution in [0.3, 0.4) is 0 Å². The number of aromatic amines is 1. The third-order valence-electron chi connectivity index (χ3n) is 3.46. The molecule has 2 aromatic heterocycles. The molecule has 0 saturated heterocycles. The second-order valence-corrected chi connectivity index (χ2v) is 5.73. The van der Waals surface area contributed by atoms with Gasteiger partial charge in [0.1, 0.15) is 0 Å². The van der Waals surface area contributed by atoms with Crippen LogP contribution in [0.25, 0.3) is 33.3 Å². The molecule has 4 aromatic rings. The molecule has 1 N–H and O–H groups in total. The van der Waals surface area contributed by atoms with Crippen molar-refractivity contribution in [1.82, 2.24) is 9.97 Å². The van der Waals surface area contributed by atoms with Gasteiger partial charge in [-0.15, -0.1) is 0 Å². The van der Waals surface area contributed by atoms with Crippen molar-refractivity contribution < 1.29 is 4.42 Å². The monoisotopic (exact) mass is 330 g/mol. The van der Waals surface area contributed by atoms with Crippen molar-refractivity contribution in [2.24, 2.45) is 0 Å². The summed E-state index contributed by atoms with van der Waals surface area (Å²) in [7, 11) is 0. The molecule has 0 unspecified atom stereocenters. The van der Waals surface area contributed by atoms with Gasteiger partial charge in [-0.05, 0) is 36.4 Å². The minimum Gasteiger partial charge on any atom is -0.403 e. The van der Waals surface area contributed by atoms with Gasteiger partial charge in [0.15, 0.2) is 0 Å². The highest BCUT2D eigenvalue weighted by molar-refractivity contribution is 6.31. The lowest BCUT2D eigenvalue weighted by Crippen LogP contribution is -2.02. The summed E-state index contributed by atoms with van der Waals surface area (Å²) < 4.78 is 5.35. The summed E-state index contributed by atoms with van der Waals surface area (Å²) in [5.41, 5.74) is 1.64. The topological polar surface area (TPSA) is 58.9 Å². The first-order chi connectivity index (χ1) is 10.6. The highest BCUT2D eigenvalue weighted by Crippen LogP contribution is 2.29. The first-order valence-electron chi connectivity index (χ1n) is 6.49. The number of benzene rings is 2. The lowest BCUT2D eigenvalue weighted by Gasteiger charge is -2.01. The Morgan fingerprint density at radius 3 is 2.55 bits per heavy atom. The van der Waals surface area contributed by atoms with Crippen molar-refractivity contribution in [2.75, 3.05) is 0 Å². The minimum atomic E-state index is -0.473. The smallest absolute Gasteiger partial charge is 0.347 e. The van der Waals surface area contributed by atoms with Crippen molar-refractivity contribution >= 4 is 45.0 Å². The predicted octanol–water partition coefficient (Wildman–Crippen LogP) is 4.64. The number of rotatable bonds is 1. The zero-order valence-electron chi connectivity index (χ0n) is 11.1. The molecular weight excluding hydrogens is 323 g/mol. The number of H-pyrrole nitrogens is 1. The fraction of sp³-hybridized carbons (Fsp3) is 0. The van der Waals surface area contributed by atoms with Gasteiger partial charge in [0.05, 0.1) is 16.5 Å². The van der Waals surface area contributed by atoms with E-state index >= 15 is 0 Å². The van der Waals surface area contributed by atoms with Crippen LogP contribution in [-0.2, 0) is 0 Å². The molecule has 0 aliphatic rings. The van der Waals surface area contributed by atoms with Crippen LogP contribution < -0.4 is 5.63 Å². The lowest BCUT2D eigenvalue weighted by molar-refractivity contribution is 0.519. The fourth-order valence-electron chi connectivity index (χ4n) is 2.43. The van der Waals surface area contributed by atoms with Crippen LogP contribution in [0.4, 0.5) is 0 Å². The first-order valence-corrected chi connectivity index (χ1v) is 7.25. The van der Waals surface area contributed by atoms with E-state index in [0.29, 0.717) is 26.5 Å². The number of nitrogens with one attached hydrogen (secondary N) is 1. The molecule has 2 aromatic carbocycles. The molecule has 108 valence electrons. The Hall–Kier alpha value is -2.30. The maximum atomic E-state index is 12.1. The third kappa shape index (κ3) is 2.08. The molecule has 0 bridgehead atoms. The molecule has 0 aliphatic heterocycles. The molecule has 0 atom stereocenters. The summed E-state index contributed by atoms with van der Waals surface area (Å²) in [4.78, 5) is 19.7. The lowest BCUT2D eigenvalue weighted by atomic mass is 10.1. The van der Waals surface area contributed by atoms with E-state index in [2.05, 4.69) is 9.97 Å². The predicted molar refractivity (Wildman–Crippen MR) is 87.6 cm³/mol. The summed E-state index contributed by atoms with van der Waals surface area (Å²) in [5.74, 6) is 0.244. The van der Waals surface area contributed by atoms with Crippen LogP contribution in [-0.4, -0.2) is 9.97 Å². The van der Waals surface area contributed by atoms with Crippen molar-refractivity contribution in [1.29, 1.82) is 0 Å². The summed E-state index contributed by atoms with van der Waals surface area (Å²) >= 11 is 11.9. The first kappa shape index (κ1) is 13.4. The molecule has 0 spiro atoms. The van der Waals surface area contributed by atoms with Crippen LogP contribution >= 0.6 is 23.2 Å². The van der Waals surface area contributed by atoms with Crippen LogP contribution in [0.5, 0.6) is 0 Å². The standard InChI is InChI=1S/C16H8Cl2N2O2/c17-8-1-3-13-10(5-8)12(7-19-13)15-20-14-4-2-9(18)6-11(14)16(21)22-15/h1-7,19H. The van der Waals surface area contributed by atoms with E-state index < -0.39 is 5.63 Å². The Morgan fingerprint density at radius 2 is 1.73 bits per heavy atom. The molecule has 0 saturated carbocycles. The van der Waals surface area contributed by atoms with Crippen LogP contribution in [0.15, 0.2) is 51.8 Å². The number of halogens is 2. The average Bonchev–Trinajstić information content (AvgIpc) is 2.91. The summed E-state index contributed by atoms with van der Waals surface area (Å²) in [6, 6.07) is 10.4. The van der Waals surface area contributed by atoms with Crippen molar-refractivity contribution in [3.05, 3.63) is 63.1 Å². The molecule has 4 rings (SSSR count). The molecule has 0 radical (unpaired) electrons. The zero-order chi connectivity index (χ0) is 15.3. The van der Waals surface area contributed by atoms with E-state index in [-0.39, 0.29) is 5.89 Å². The van der Waals surface area contributed by atoms with Gasteiger partial charge in [-0.3, -0.25) is 0 Å². The Balaban J connectivity index is 2.02. The molecular formula is C16H8Cl2N2O2. The van der Waals surface area contributed by atoms with Crippen LogP contribution in [0.1, 0.15) is 0 Å². The van der Waals surface area contributed by atoms with E-state index in [1.54, 1.807) is 36.5 Å². The van der Waals surface area contributed by atoms with E-state index in [4.69, 9.17) is 27.6 Å². The number of fused-ring (bicyclic) bond motifs is 2. The molecule has 0 fully saturated rings. The largest absolute Gasteiger partial charge is 0.403 e. The molecule has 4 nitrogen and oxygen atoms in total. The number of hydrogen-bond acceptors (Lipinski definition) is 3. The van der Waals surface area contributed by atoms with Gasteiger partial charge in [0.2, 0.25) is 5.89 Å². The summed E-state index contributed by atoms with van der Waals surface area (Å²) in [5, 5.41) is 2.27. The fourth-order valence-corrected chi connectivity index (χ4v) is 2.77. The molecule has 6 heteroatoms. The zero-order valence-corrected chi connectivity index (χ0v) is 12.6. The van der Waals surface area contributed by atoms with Crippen LogP contribution in [0.2, 0.25) is 10.0 Å². The van der Waals surface area contributed by atoms with Gasteiger partial charge in [0, 0.05) is 27.1 Å². The second kappa shape index (κ2) is 4.87. The molecule has 0 amide bonds. The average molecular weight is 331 g/mol. The van der Waals surface area contributed by atoms with Crippen molar-refractivity contribution in [3.8, 4) is 11.5 Å². The Labute approximate surface area is 134 Å². The van der Waals surface area contributed by atoms with Gasteiger partial charge in [-0.2, -0.15) is 0 Å². The molecule has 22 heavy (non-hydrogen) atoms. The van der Waals surface area contributed by atoms with E-state index in [0.717, 1.165) is 10.9 Å². The third-order valence-corrected chi connectivity index (χ3v) is 3.93. The maximum Gasteiger partial charge on any atom is 0.347 e. The summed E-state index contributed by atoms with van der Waals surface area (Å²) in [6.07, 6.45) is 1.74. The minimum absolute atomic E-state index is 0.244. The van der Waals surface area contributed by atoms with E-state index in [1.165, 1.54) is 0 Å². The van der Waals surface area contributed by atoms with E-state index in [9.17, 15) is 4.79 Å². The number of hydrogen-bond donors (Lipinski definition) is 1. The van der Waals surface area contributed by atoms with Gasteiger partial charge in [-0.1, -0.05) is 23.2 Å². The highest BCUT2D eigenvalue weighted by Gasteiger charge is 2.13. The quantitative estimate of drug-likeness (QED) is 0.553. The number of aromatic nitrogens is 2. The second-order valence-electron chi connectivity index (χ2n) is 4.86. The number of nitrogens with zero attached hydrogens (tertiary/aromatic N) is 1. The van der Waals surface area contributed by atoms with Gasteiger partial charge in [0.25, 0.3) is 0 Å². The van der Waals surface area contributed by atoms with Gasteiger partial charge < -0.3 is 9.40 Å². The Kier molecular flexibility index (Phi) is 2.96. The maximum absolute atomic E-state index is 12.1. The Morgan fingerprint density at radius 1 is 1.00 bits per heavy atom.